The average molecular weight is 453 g/mol. The molecule has 0 aromatic rings. The van der Waals surface area contributed by atoms with Gasteiger partial charge in [0.2, 0.25) is 0 Å². The number of unbranched alkanes of at least 4 members (excludes halogenated alkanes) is 13. The van der Waals surface area contributed by atoms with Gasteiger partial charge in [0.1, 0.15) is 0 Å². The van der Waals surface area contributed by atoms with Crippen LogP contribution < -0.4 is 0 Å². The van der Waals surface area contributed by atoms with E-state index in [2.05, 4.69) is 38.2 Å². The smallest absolute Gasteiger partial charge is 0.303 e. The number of carboxylic acid groups (broad SMARTS) is 1. The first-order valence-electron chi connectivity index (χ1n) is 13.2. The van der Waals surface area contributed by atoms with Crippen LogP contribution in [-0.2, 0) is 14.3 Å². The van der Waals surface area contributed by atoms with E-state index in [-0.39, 0.29) is 5.97 Å². The maximum Gasteiger partial charge on any atom is 0.303 e. The Hall–Kier alpha value is -1.58. The second kappa shape index (κ2) is 29.4. The molecule has 0 radical (unpaired) electrons. The van der Waals surface area contributed by atoms with Crippen LogP contribution in [-0.4, -0.2) is 23.7 Å². The van der Waals surface area contributed by atoms with Crippen molar-refractivity contribution >= 4 is 11.9 Å². The van der Waals surface area contributed by atoms with Crippen molar-refractivity contribution in [1.29, 1.82) is 0 Å². The number of aliphatic carboxylic acids is 1. The molecule has 0 bridgehead atoms. The van der Waals surface area contributed by atoms with Gasteiger partial charge in [0.05, 0.1) is 6.61 Å². The number of esters is 1. The first-order valence-corrected chi connectivity index (χ1v) is 13.2. The van der Waals surface area contributed by atoms with Crippen molar-refractivity contribution in [3.8, 4) is 0 Å². The third-order valence-electron chi connectivity index (χ3n) is 5.08. The zero-order chi connectivity index (χ0) is 24.1. The Morgan fingerprint density at radius 2 is 1.03 bits per heavy atom. The summed E-state index contributed by atoms with van der Waals surface area (Å²) in [5.74, 6) is -0.831. The highest BCUT2D eigenvalue weighted by Crippen LogP contribution is 2.09. The highest BCUT2D eigenvalue weighted by Gasteiger charge is 1.96. The Balaban J connectivity index is 0. The molecule has 0 spiro atoms. The summed E-state index contributed by atoms with van der Waals surface area (Å²) < 4.78 is 4.86. The fraction of sp³-hybridized carbons (Fsp3) is 0.786. The fourth-order valence-corrected chi connectivity index (χ4v) is 3.16. The van der Waals surface area contributed by atoms with E-state index in [9.17, 15) is 9.59 Å². The molecule has 0 rings (SSSR count). The number of hydrogen-bond acceptors (Lipinski definition) is 3. The molecule has 1 N–H and O–H groups in total. The standard InChI is InChI=1S/2C14H26O2/c1-3-4-5-6-7-8-9-10-11-12-13-16-14(2)15;1-2-3-4-5-6-7-8-9-10-11-12-13-14(15)16/h5-6H,3-4,7-13H2,1-2H3;4-5H,2-3,6-13H2,1H3,(H,15,16)/b6-5+;5-4-. The summed E-state index contributed by atoms with van der Waals surface area (Å²) in [6.07, 6.45) is 29.7. The number of rotatable bonds is 21. The van der Waals surface area contributed by atoms with Gasteiger partial charge in [-0.1, -0.05) is 95.9 Å². The highest BCUT2D eigenvalue weighted by atomic mass is 16.5. The molecule has 0 unspecified atom stereocenters. The van der Waals surface area contributed by atoms with Crippen LogP contribution in [0.1, 0.15) is 136 Å². The third-order valence-corrected chi connectivity index (χ3v) is 5.08. The lowest BCUT2D eigenvalue weighted by Crippen LogP contribution is -1.99. The zero-order valence-electron chi connectivity index (χ0n) is 21.4. The number of hydrogen-bond donors (Lipinski definition) is 1. The average Bonchev–Trinajstić information content (AvgIpc) is 2.76. The maximum atomic E-state index is 10.5. The third kappa shape index (κ3) is 35.8. The van der Waals surface area contributed by atoms with Gasteiger partial charge in [-0.25, -0.2) is 0 Å². The zero-order valence-corrected chi connectivity index (χ0v) is 21.4. The molecule has 4 heteroatoms. The molecular formula is C28H52O4. The molecule has 0 aliphatic rings. The van der Waals surface area contributed by atoms with E-state index < -0.39 is 5.97 Å². The van der Waals surface area contributed by atoms with Gasteiger partial charge < -0.3 is 9.84 Å². The molecule has 32 heavy (non-hydrogen) atoms. The number of allylic oxidation sites excluding steroid dienone is 4. The summed E-state index contributed by atoms with van der Waals surface area (Å²) in [7, 11) is 0. The molecule has 0 aromatic heterocycles. The van der Waals surface area contributed by atoms with E-state index in [1.165, 1.54) is 96.8 Å². The first-order chi connectivity index (χ1) is 15.5. The second-order valence-electron chi connectivity index (χ2n) is 8.47. The van der Waals surface area contributed by atoms with Gasteiger partial charge in [-0.3, -0.25) is 9.59 Å². The number of carbonyl (C=O) groups is 2. The summed E-state index contributed by atoms with van der Waals surface area (Å²) in [5.41, 5.74) is 0. The van der Waals surface area contributed by atoms with Gasteiger partial charge in [-0.2, -0.15) is 0 Å². The van der Waals surface area contributed by atoms with Crippen molar-refractivity contribution < 1.29 is 19.4 Å². The molecule has 188 valence electrons. The van der Waals surface area contributed by atoms with Gasteiger partial charge in [0, 0.05) is 13.3 Å². The normalized spacial score (nSPS) is 11.0. The summed E-state index contributed by atoms with van der Waals surface area (Å²) >= 11 is 0. The van der Waals surface area contributed by atoms with Crippen LogP contribution in [0, 0.1) is 0 Å². The lowest BCUT2D eigenvalue weighted by molar-refractivity contribution is -0.141. The lowest BCUT2D eigenvalue weighted by Gasteiger charge is -2.01. The van der Waals surface area contributed by atoms with Crippen LogP contribution in [0.15, 0.2) is 24.3 Å². The highest BCUT2D eigenvalue weighted by molar-refractivity contribution is 5.66. The number of carbonyl (C=O) groups excluding carboxylic acids is 1. The van der Waals surface area contributed by atoms with Crippen molar-refractivity contribution in [2.45, 2.75) is 136 Å². The van der Waals surface area contributed by atoms with Crippen molar-refractivity contribution in [2.75, 3.05) is 6.61 Å². The number of ether oxygens (including phenoxy) is 1. The van der Waals surface area contributed by atoms with E-state index in [0.29, 0.717) is 13.0 Å². The SMILES string of the molecule is CCC/C=C/CCCCCCCOC(C)=O.CCC/C=C\CCCCCCCCC(=O)O. The summed E-state index contributed by atoms with van der Waals surface area (Å²) in [6.45, 7) is 6.45. The fourth-order valence-electron chi connectivity index (χ4n) is 3.16. The topological polar surface area (TPSA) is 63.6 Å². The minimum absolute atomic E-state index is 0.166. The largest absolute Gasteiger partial charge is 0.481 e. The van der Waals surface area contributed by atoms with E-state index in [0.717, 1.165) is 19.3 Å². The molecule has 0 amide bonds. The monoisotopic (exact) mass is 452 g/mol. The maximum absolute atomic E-state index is 10.5. The molecular weight excluding hydrogens is 400 g/mol. The Labute approximate surface area is 198 Å². The van der Waals surface area contributed by atoms with Gasteiger partial charge in [-0.15, -0.1) is 0 Å². The molecule has 0 saturated heterocycles. The number of carboxylic acids is 1. The van der Waals surface area contributed by atoms with Crippen LogP contribution in [0.3, 0.4) is 0 Å². The van der Waals surface area contributed by atoms with Crippen molar-refractivity contribution in [2.24, 2.45) is 0 Å². The molecule has 0 fully saturated rings. The Bertz CT molecular complexity index is 412. The van der Waals surface area contributed by atoms with E-state index in [4.69, 9.17) is 9.84 Å². The lowest BCUT2D eigenvalue weighted by atomic mass is 10.1. The molecule has 0 saturated carbocycles. The van der Waals surface area contributed by atoms with E-state index in [1.807, 2.05) is 0 Å². The quantitative estimate of drug-likeness (QED) is 0.107. The Kier molecular flexibility index (Phi) is 30.0. The minimum Gasteiger partial charge on any atom is -0.481 e. The minimum atomic E-state index is -0.666. The molecule has 0 aliphatic carbocycles. The summed E-state index contributed by atoms with van der Waals surface area (Å²) in [5, 5.41) is 8.45. The van der Waals surface area contributed by atoms with Crippen LogP contribution in [0.2, 0.25) is 0 Å². The van der Waals surface area contributed by atoms with Gasteiger partial charge >= 0.3 is 11.9 Å². The molecule has 0 heterocycles. The van der Waals surface area contributed by atoms with Crippen molar-refractivity contribution in [1.82, 2.24) is 0 Å². The first kappa shape index (κ1) is 32.6. The van der Waals surface area contributed by atoms with Gasteiger partial charge in [0.25, 0.3) is 0 Å². The Morgan fingerprint density at radius 3 is 1.47 bits per heavy atom. The molecule has 0 aliphatic heterocycles. The molecule has 0 atom stereocenters. The summed E-state index contributed by atoms with van der Waals surface area (Å²) in [6, 6.07) is 0. The van der Waals surface area contributed by atoms with Crippen molar-refractivity contribution in [3.63, 3.8) is 0 Å². The van der Waals surface area contributed by atoms with E-state index >= 15 is 0 Å². The predicted molar refractivity (Wildman–Crippen MR) is 137 cm³/mol. The van der Waals surface area contributed by atoms with Crippen LogP contribution >= 0.6 is 0 Å². The second-order valence-corrected chi connectivity index (χ2v) is 8.47. The Morgan fingerprint density at radius 1 is 0.625 bits per heavy atom. The molecule has 4 nitrogen and oxygen atoms in total. The van der Waals surface area contributed by atoms with Gasteiger partial charge in [0.15, 0.2) is 0 Å². The van der Waals surface area contributed by atoms with Gasteiger partial charge in [-0.05, 0) is 51.4 Å². The van der Waals surface area contributed by atoms with Crippen molar-refractivity contribution in [3.05, 3.63) is 24.3 Å². The van der Waals surface area contributed by atoms with Crippen LogP contribution in [0.4, 0.5) is 0 Å². The molecule has 0 aromatic carbocycles. The van der Waals surface area contributed by atoms with Crippen LogP contribution in [0.5, 0.6) is 0 Å². The summed E-state index contributed by atoms with van der Waals surface area (Å²) in [4.78, 5) is 20.7. The van der Waals surface area contributed by atoms with Crippen LogP contribution in [0.25, 0.3) is 0 Å². The van der Waals surface area contributed by atoms with E-state index in [1.54, 1.807) is 0 Å². The predicted octanol–water partition coefficient (Wildman–Crippen LogP) is 8.79.